The zero-order valence-electron chi connectivity index (χ0n) is 5.98. The van der Waals surface area contributed by atoms with E-state index in [1.807, 2.05) is 13.8 Å². The third kappa shape index (κ3) is 6.94. The minimum absolute atomic E-state index is 0.0231. The highest BCUT2D eigenvalue weighted by Crippen LogP contribution is 2.23. The highest BCUT2D eigenvalue weighted by molar-refractivity contribution is 6.44. The van der Waals surface area contributed by atoms with E-state index in [-0.39, 0.29) is 10.4 Å². The molecule has 1 saturated heterocycles. The average molecular weight is 206 g/mol. The third-order valence-corrected chi connectivity index (χ3v) is 2.02. The summed E-state index contributed by atoms with van der Waals surface area (Å²) in [6.07, 6.45) is 1.15. The first kappa shape index (κ1) is 10.8. The van der Waals surface area contributed by atoms with E-state index in [0.717, 1.165) is 6.42 Å². The van der Waals surface area contributed by atoms with E-state index >= 15 is 0 Å². The van der Waals surface area contributed by atoms with E-state index < -0.39 is 0 Å². The molecule has 1 fully saturated rings. The maximum Gasteiger partial charge on any atom is 0.157 e. The van der Waals surface area contributed by atoms with Crippen molar-refractivity contribution < 1.29 is 4.74 Å². The number of halogens is 3. The topological polar surface area (TPSA) is 12.5 Å². The summed E-state index contributed by atoms with van der Waals surface area (Å²) in [5, 5.41) is 0. The molecule has 1 heterocycles. The van der Waals surface area contributed by atoms with Gasteiger partial charge in [0.1, 0.15) is 4.84 Å². The van der Waals surface area contributed by atoms with Crippen LogP contribution in [0.1, 0.15) is 20.3 Å². The maximum atomic E-state index is 5.31. The SMILES string of the molecule is CC1OC1Cl.CCC(Cl)Cl. The van der Waals surface area contributed by atoms with Crippen LogP contribution in [0, 0.1) is 0 Å². The quantitative estimate of drug-likeness (QED) is 0.473. The van der Waals surface area contributed by atoms with Gasteiger partial charge in [0.2, 0.25) is 0 Å². The molecule has 2 atom stereocenters. The lowest BCUT2D eigenvalue weighted by atomic mass is 10.6. The molecule has 0 aromatic rings. The van der Waals surface area contributed by atoms with Crippen LogP contribution in [0.2, 0.25) is 0 Å². The van der Waals surface area contributed by atoms with Crippen LogP contribution >= 0.6 is 34.8 Å². The van der Waals surface area contributed by atoms with Crippen molar-refractivity contribution in [1.29, 1.82) is 0 Å². The minimum atomic E-state index is -0.171. The fourth-order valence-electron chi connectivity index (χ4n) is 0.160. The molecule has 2 unspecified atom stereocenters. The molecular weight excluding hydrogens is 194 g/mol. The van der Waals surface area contributed by atoms with E-state index in [0.29, 0.717) is 6.10 Å². The molecule has 0 saturated carbocycles. The highest BCUT2D eigenvalue weighted by Gasteiger charge is 2.30. The summed E-state index contributed by atoms with van der Waals surface area (Å²) in [4.78, 5) is -0.171. The van der Waals surface area contributed by atoms with E-state index in [1.165, 1.54) is 0 Å². The van der Waals surface area contributed by atoms with Crippen molar-refractivity contribution in [2.75, 3.05) is 0 Å². The number of hydrogen-bond donors (Lipinski definition) is 0. The Morgan fingerprint density at radius 1 is 1.50 bits per heavy atom. The van der Waals surface area contributed by atoms with Crippen molar-refractivity contribution in [1.82, 2.24) is 0 Å². The zero-order chi connectivity index (χ0) is 8.15. The third-order valence-electron chi connectivity index (χ3n) is 0.946. The first-order valence-electron chi connectivity index (χ1n) is 3.15. The van der Waals surface area contributed by atoms with Crippen LogP contribution in [0.5, 0.6) is 0 Å². The van der Waals surface area contributed by atoms with Crippen molar-refractivity contribution >= 4 is 34.8 Å². The van der Waals surface area contributed by atoms with Crippen LogP contribution in [0.15, 0.2) is 0 Å². The van der Waals surface area contributed by atoms with Gasteiger partial charge in [0.25, 0.3) is 0 Å². The van der Waals surface area contributed by atoms with Crippen LogP contribution in [-0.4, -0.2) is 16.5 Å². The summed E-state index contributed by atoms with van der Waals surface area (Å²) in [5.41, 5.74) is 0.0231. The lowest BCUT2D eigenvalue weighted by Crippen LogP contribution is -1.75. The first-order valence-corrected chi connectivity index (χ1v) is 4.46. The van der Waals surface area contributed by atoms with Gasteiger partial charge in [0.05, 0.1) is 6.10 Å². The zero-order valence-corrected chi connectivity index (χ0v) is 8.25. The Kier molecular flexibility index (Phi) is 5.93. The Morgan fingerprint density at radius 2 is 1.70 bits per heavy atom. The van der Waals surface area contributed by atoms with Crippen LogP contribution in [-0.2, 0) is 4.74 Å². The van der Waals surface area contributed by atoms with Gasteiger partial charge in [0, 0.05) is 0 Å². The standard InChI is InChI=1S/C3H6Cl2.C3H5ClO/c1-2-3(4)5;1-2-3(4)5-2/h3H,2H2,1H3;2-3H,1H3. The highest BCUT2D eigenvalue weighted by atomic mass is 35.5. The molecule has 1 rings (SSSR count). The number of hydrogen-bond acceptors (Lipinski definition) is 1. The summed E-state index contributed by atoms with van der Waals surface area (Å²) >= 11 is 15.8. The summed E-state index contributed by atoms with van der Waals surface area (Å²) in [6, 6.07) is 0. The van der Waals surface area contributed by atoms with Gasteiger partial charge in [-0.15, -0.1) is 23.2 Å². The molecule has 0 aromatic heterocycles. The second-order valence-corrected chi connectivity index (χ2v) is 3.70. The van der Waals surface area contributed by atoms with Gasteiger partial charge < -0.3 is 4.74 Å². The molecule has 0 aliphatic carbocycles. The van der Waals surface area contributed by atoms with E-state index in [1.54, 1.807) is 0 Å². The van der Waals surface area contributed by atoms with Gasteiger partial charge in [-0.25, -0.2) is 0 Å². The first-order chi connectivity index (χ1) is 4.57. The van der Waals surface area contributed by atoms with Gasteiger partial charge in [-0.1, -0.05) is 18.5 Å². The molecule has 0 aromatic carbocycles. The monoisotopic (exact) mass is 204 g/mol. The van der Waals surface area contributed by atoms with Crippen LogP contribution in [0.25, 0.3) is 0 Å². The number of alkyl halides is 3. The van der Waals surface area contributed by atoms with Crippen molar-refractivity contribution in [3.05, 3.63) is 0 Å². The molecule has 0 radical (unpaired) electrons. The average Bonchev–Trinajstić information content (AvgIpc) is 2.47. The molecule has 10 heavy (non-hydrogen) atoms. The van der Waals surface area contributed by atoms with Crippen molar-refractivity contribution in [2.45, 2.75) is 36.8 Å². The largest absolute Gasteiger partial charge is 0.353 e. The van der Waals surface area contributed by atoms with Crippen LogP contribution in [0.3, 0.4) is 0 Å². The Balaban J connectivity index is 0.000000162. The molecule has 0 bridgehead atoms. The van der Waals surface area contributed by atoms with Gasteiger partial charge in [0.15, 0.2) is 5.56 Å². The molecular formula is C6H11Cl3O. The predicted octanol–water partition coefficient (Wildman–Crippen LogP) is 3.17. The van der Waals surface area contributed by atoms with Gasteiger partial charge in [-0.05, 0) is 13.3 Å². The molecule has 0 amide bonds. The Morgan fingerprint density at radius 3 is 1.70 bits per heavy atom. The Bertz CT molecular complexity index is 77.1. The lowest BCUT2D eigenvalue weighted by Gasteiger charge is -1.84. The second-order valence-electron chi connectivity index (χ2n) is 1.99. The van der Waals surface area contributed by atoms with Crippen molar-refractivity contribution in [3.63, 3.8) is 0 Å². The van der Waals surface area contributed by atoms with Crippen LogP contribution < -0.4 is 0 Å². The number of rotatable bonds is 1. The Labute approximate surface area is 76.6 Å². The van der Waals surface area contributed by atoms with E-state index in [2.05, 4.69) is 4.74 Å². The molecule has 0 spiro atoms. The maximum absolute atomic E-state index is 5.31. The molecule has 1 nitrogen and oxygen atoms in total. The summed E-state index contributed by atoms with van der Waals surface area (Å²) in [5.74, 6) is 0. The van der Waals surface area contributed by atoms with E-state index in [9.17, 15) is 0 Å². The second kappa shape index (κ2) is 5.48. The lowest BCUT2D eigenvalue weighted by molar-refractivity contribution is 0.411. The molecule has 1 aliphatic heterocycles. The summed E-state index contributed by atoms with van der Waals surface area (Å²) < 4.78 is 4.68. The number of epoxide rings is 1. The fraction of sp³-hybridized carbons (Fsp3) is 1.00. The van der Waals surface area contributed by atoms with Gasteiger partial charge in [-0.3, -0.25) is 0 Å². The molecule has 1 aliphatic rings. The normalized spacial score (nSPS) is 29.4. The Hall–Kier alpha value is 0.830. The van der Waals surface area contributed by atoms with Crippen molar-refractivity contribution in [3.8, 4) is 0 Å². The summed E-state index contributed by atoms with van der Waals surface area (Å²) in [7, 11) is 0. The summed E-state index contributed by atoms with van der Waals surface area (Å²) in [6.45, 7) is 3.88. The molecule has 4 heteroatoms. The molecule has 62 valence electrons. The van der Waals surface area contributed by atoms with Crippen LogP contribution in [0.4, 0.5) is 0 Å². The van der Waals surface area contributed by atoms with Gasteiger partial charge >= 0.3 is 0 Å². The van der Waals surface area contributed by atoms with E-state index in [4.69, 9.17) is 34.8 Å². The van der Waals surface area contributed by atoms with Gasteiger partial charge in [-0.2, -0.15) is 0 Å². The predicted molar refractivity (Wildman–Crippen MR) is 46.0 cm³/mol. The molecule has 0 N–H and O–H groups in total. The smallest absolute Gasteiger partial charge is 0.157 e. The number of ether oxygens (including phenoxy) is 1. The fourth-order valence-corrected chi connectivity index (χ4v) is 0.322. The minimum Gasteiger partial charge on any atom is -0.353 e. The van der Waals surface area contributed by atoms with Crippen molar-refractivity contribution in [2.24, 2.45) is 0 Å².